The molecule has 0 spiro atoms. The van der Waals surface area contributed by atoms with Gasteiger partial charge in [0, 0.05) is 6.42 Å². The standard InChI is InChI=1S/C12H22O/c1-4-7-9-10-12(6-3)13-11-8-5-2/h5-6,8H,4,7,9-11H2,1-3H3/b8-5+,12-6-. The summed E-state index contributed by atoms with van der Waals surface area (Å²) in [5.74, 6) is 1.13. The Morgan fingerprint density at radius 3 is 2.54 bits per heavy atom. The van der Waals surface area contributed by atoms with Crippen molar-refractivity contribution in [3.8, 4) is 0 Å². The average molecular weight is 182 g/mol. The second-order valence-electron chi connectivity index (χ2n) is 3.09. The zero-order chi connectivity index (χ0) is 9.94. The number of unbranched alkanes of at least 4 members (excludes halogenated alkanes) is 2. The Bertz CT molecular complexity index is 157. The fraction of sp³-hybridized carbons (Fsp3) is 0.667. The molecule has 0 bridgehead atoms. The van der Waals surface area contributed by atoms with Gasteiger partial charge in [-0.05, 0) is 26.3 Å². The van der Waals surface area contributed by atoms with Gasteiger partial charge in [0.05, 0.1) is 5.76 Å². The first-order valence-corrected chi connectivity index (χ1v) is 5.24. The molecule has 0 N–H and O–H groups in total. The molecule has 0 unspecified atom stereocenters. The molecule has 0 aliphatic heterocycles. The molecule has 0 aromatic heterocycles. The molecule has 0 rings (SSSR count). The predicted octanol–water partition coefficient (Wildman–Crippen LogP) is 4.06. The van der Waals surface area contributed by atoms with Crippen molar-refractivity contribution in [3.63, 3.8) is 0 Å². The van der Waals surface area contributed by atoms with E-state index in [0.717, 1.165) is 12.2 Å². The predicted molar refractivity (Wildman–Crippen MR) is 58.7 cm³/mol. The molecule has 0 saturated carbocycles. The Morgan fingerprint density at radius 2 is 2.00 bits per heavy atom. The highest BCUT2D eigenvalue weighted by atomic mass is 16.5. The molecule has 0 amide bonds. The van der Waals surface area contributed by atoms with Crippen LogP contribution in [0.2, 0.25) is 0 Å². The molecule has 1 heteroatoms. The summed E-state index contributed by atoms with van der Waals surface area (Å²) in [5, 5.41) is 0. The van der Waals surface area contributed by atoms with Gasteiger partial charge in [0.2, 0.25) is 0 Å². The van der Waals surface area contributed by atoms with Crippen molar-refractivity contribution in [1.29, 1.82) is 0 Å². The van der Waals surface area contributed by atoms with E-state index in [0.29, 0.717) is 6.61 Å². The molecule has 0 aliphatic rings. The monoisotopic (exact) mass is 182 g/mol. The van der Waals surface area contributed by atoms with Crippen LogP contribution in [0.3, 0.4) is 0 Å². The van der Waals surface area contributed by atoms with Crippen molar-refractivity contribution in [2.24, 2.45) is 0 Å². The van der Waals surface area contributed by atoms with Crippen LogP contribution in [0.1, 0.15) is 46.5 Å². The van der Waals surface area contributed by atoms with Crippen LogP contribution in [0, 0.1) is 0 Å². The van der Waals surface area contributed by atoms with Gasteiger partial charge in [0.25, 0.3) is 0 Å². The molecular weight excluding hydrogens is 160 g/mol. The van der Waals surface area contributed by atoms with Gasteiger partial charge >= 0.3 is 0 Å². The first-order valence-electron chi connectivity index (χ1n) is 5.24. The van der Waals surface area contributed by atoms with E-state index in [-0.39, 0.29) is 0 Å². The fourth-order valence-electron chi connectivity index (χ4n) is 1.10. The van der Waals surface area contributed by atoms with Gasteiger partial charge in [-0.1, -0.05) is 31.9 Å². The largest absolute Gasteiger partial charge is 0.494 e. The lowest BCUT2D eigenvalue weighted by molar-refractivity contribution is 0.233. The maximum Gasteiger partial charge on any atom is 0.106 e. The van der Waals surface area contributed by atoms with Gasteiger partial charge in [-0.15, -0.1) is 0 Å². The summed E-state index contributed by atoms with van der Waals surface area (Å²) in [6.07, 6.45) is 11.0. The number of ether oxygens (including phenoxy) is 1. The van der Waals surface area contributed by atoms with Gasteiger partial charge in [-0.25, -0.2) is 0 Å². The van der Waals surface area contributed by atoms with Crippen LogP contribution in [0.15, 0.2) is 24.0 Å². The molecule has 0 heterocycles. The van der Waals surface area contributed by atoms with Crippen LogP contribution in [0.4, 0.5) is 0 Å². The second kappa shape index (κ2) is 9.37. The molecular formula is C12H22O. The molecule has 0 saturated heterocycles. The zero-order valence-electron chi connectivity index (χ0n) is 9.18. The van der Waals surface area contributed by atoms with Crippen LogP contribution in [0.5, 0.6) is 0 Å². The summed E-state index contributed by atoms with van der Waals surface area (Å²) in [6.45, 7) is 6.98. The Labute approximate surface area is 82.5 Å². The molecule has 0 aromatic rings. The molecule has 0 radical (unpaired) electrons. The molecule has 0 aliphatic carbocycles. The van der Waals surface area contributed by atoms with Gasteiger partial charge in [0.1, 0.15) is 6.61 Å². The van der Waals surface area contributed by atoms with Gasteiger partial charge in [-0.3, -0.25) is 0 Å². The van der Waals surface area contributed by atoms with Crippen LogP contribution >= 0.6 is 0 Å². The lowest BCUT2D eigenvalue weighted by Crippen LogP contribution is -1.92. The molecule has 0 atom stereocenters. The van der Waals surface area contributed by atoms with Crippen LogP contribution in [-0.2, 0) is 4.74 Å². The van der Waals surface area contributed by atoms with Crippen LogP contribution in [0.25, 0.3) is 0 Å². The number of rotatable bonds is 7. The van der Waals surface area contributed by atoms with Crippen molar-refractivity contribution < 1.29 is 4.74 Å². The molecule has 76 valence electrons. The van der Waals surface area contributed by atoms with Crippen molar-refractivity contribution in [2.75, 3.05) is 6.61 Å². The SMILES string of the molecule is C/C=C(/CCCCC)OC/C=C/C. The smallest absolute Gasteiger partial charge is 0.106 e. The molecule has 0 aromatic carbocycles. The summed E-state index contributed by atoms with van der Waals surface area (Å²) in [6, 6.07) is 0. The minimum absolute atomic E-state index is 0.711. The van der Waals surface area contributed by atoms with Crippen molar-refractivity contribution in [1.82, 2.24) is 0 Å². The maximum atomic E-state index is 5.55. The Kier molecular flexibility index (Phi) is 8.85. The lowest BCUT2D eigenvalue weighted by atomic mass is 10.2. The van der Waals surface area contributed by atoms with E-state index in [2.05, 4.69) is 13.0 Å². The van der Waals surface area contributed by atoms with Crippen LogP contribution in [-0.4, -0.2) is 6.61 Å². The normalized spacial score (nSPS) is 12.4. The first-order chi connectivity index (χ1) is 6.35. The van der Waals surface area contributed by atoms with E-state index < -0.39 is 0 Å². The van der Waals surface area contributed by atoms with E-state index in [1.807, 2.05) is 26.0 Å². The first kappa shape index (κ1) is 12.3. The minimum Gasteiger partial charge on any atom is -0.494 e. The van der Waals surface area contributed by atoms with Crippen LogP contribution < -0.4 is 0 Å². The third-order valence-electron chi connectivity index (χ3n) is 1.95. The average Bonchev–Trinajstić information content (AvgIpc) is 2.16. The Balaban J connectivity index is 3.52. The van der Waals surface area contributed by atoms with E-state index >= 15 is 0 Å². The highest BCUT2D eigenvalue weighted by Gasteiger charge is 1.95. The van der Waals surface area contributed by atoms with Gasteiger partial charge in [-0.2, -0.15) is 0 Å². The fourth-order valence-corrected chi connectivity index (χ4v) is 1.10. The van der Waals surface area contributed by atoms with E-state index in [1.54, 1.807) is 0 Å². The topological polar surface area (TPSA) is 9.23 Å². The van der Waals surface area contributed by atoms with Crippen molar-refractivity contribution >= 4 is 0 Å². The minimum atomic E-state index is 0.711. The number of hydrogen-bond acceptors (Lipinski definition) is 1. The van der Waals surface area contributed by atoms with Gasteiger partial charge in [0.15, 0.2) is 0 Å². The second-order valence-corrected chi connectivity index (χ2v) is 3.09. The Hall–Kier alpha value is -0.720. The lowest BCUT2D eigenvalue weighted by Gasteiger charge is -2.07. The zero-order valence-corrected chi connectivity index (χ0v) is 9.18. The van der Waals surface area contributed by atoms with Crippen molar-refractivity contribution in [2.45, 2.75) is 46.5 Å². The number of hydrogen-bond donors (Lipinski definition) is 0. The number of allylic oxidation sites excluding steroid dienone is 3. The highest BCUT2D eigenvalue weighted by molar-refractivity contribution is 4.91. The quantitative estimate of drug-likeness (QED) is 0.328. The highest BCUT2D eigenvalue weighted by Crippen LogP contribution is 2.09. The Morgan fingerprint density at radius 1 is 1.23 bits per heavy atom. The van der Waals surface area contributed by atoms with E-state index in [4.69, 9.17) is 4.74 Å². The van der Waals surface area contributed by atoms with E-state index in [9.17, 15) is 0 Å². The van der Waals surface area contributed by atoms with Gasteiger partial charge < -0.3 is 4.74 Å². The van der Waals surface area contributed by atoms with Crippen molar-refractivity contribution in [3.05, 3.63) is 24.0 Å². The summed E-state index contributed by atoms with van der Waals surface area (Å²) in [4.78, 5) is 0. The van der Waals surface area contributed by atoms with E-state index in [1.165, 1.54) is 19.3 Å². The molecule has 1 nitrogen and oxygen atoms in total. The summed E-state index contributed by atoms with van der Waals surface area (Å²) in [7, 11) is 0. The molecule has 13 heavy (non-hydrogen) atoms. The third-order valence-corrected chi connectivity index (χ3v) is 1.95. The molecule has 0 fully saturated rings. The third kappa shape index (κ3) is 7.63. The summed E-state index contributed by atoms with van der Waals surface area (Å²) in [5.41, 5.74) is 0. The maximum absolute atomic E-state index is 5.55. The summed E-state index contributed by atoms with van der Waals surface area (Å²) < 4.78 is 5.55. The summed E-state index contributed by atoms with van der Waals surface area (Å²) >= 11 is 0.